The third-order valence-electron chi connectivity index (χ3n) is 5.99. The molecule has 1 aliphatic rings. The van der Waals surface area contributed by atoms with Gasteiger partial charge >= 0.3 is 6.03 Å². The van der Waals surface area contributed by atoms with Gasteiger partial charge in [-0.2, -0.15) is 0 Å². The van der Waals surface area contributed by atoms with Gasteiger partial charge in [0.25, 0.3) is 0 Å². The molecule has 0 aliphatic carbocycles. The van der Waals surface area contributed by atoms with Crippen molar-refractivity contribution in [3.63, 3.8) is 0 Å². The fourth-order valence-corrected chi connectivity index (χ4v) is 4.22. The van der Waals surface area contributed by atoms with Gasteiger partial charge in [0.05, 0.1) is 37.1 Å². The molecule has 172 valence electrons. The van der Waals surface area contributed by atoms with Gasteiger partial charge < -0.3 is 25.0 Å². The molecule has 1 aliphatic heterocycles. The molecule has 5 unspecified atom stereocenters. The lowest BCUT2D eigenvalue weighted by Crippen LogP contribution is -2.54. The standard InChI is InChI=1S/C20H36N4O6/c1-6-13(2)19(23(3)20(28)22-12-25)16(30-5)11-18(27)24-9-7-8-14(24)15(29-4)10-17(21)26/h12-16,19H,6-11H2,1-5H3,(H2,21,26)(H,22,25,28). The van der Waals surface area contributed by atoms with Crippen LogP contribution in [0.2, 0.25) is 0 Å². The van der Waals surface area contributed by atoms with Crippen molar-refractivity contribution in [1.29, 1.82) is 0 Å². The predicted octanol–water partition coefficient (Wildman–Crippen LogP) is 0.485. The van der Waals surface area contributed by atoms with Crippen molar-refractivity contribution >= 4 is 24.3 Å². The lowest BCUT2D eigenvalue weighted by molar-refractivity contribution is -0.140. The largest absolute Gasteiger partial charge is 0.379 e. The van der Waals surface area contributed by atoms with Crippen LogP contribution in [-0.2, 0) is 23.9 Å². The van der Waals surface area contributed by atoms with Crippen LogP contribution in [-0.4, -0.2) is 86.2 Å². The summed E-state index contributed by atoms with van der Waals surface area (Å²) < 4.78 is 11.1. The molecular weight excluding hydrogens is 392 g/mol. The topological polar surface area (TPSA) is 131 Å². The van der Waals surface area contributed by atoms with Crippen molar-refractivity contribution in [1.82, 2.24) is 15.1 Å². The van der Waals surface area contributed by atoms with Crippen molar-refractivity contribution in [2.24, 2.45) is 11.7 Å². The maximum atomic E-state index is 13.2. The van der Waals surface area contributed by atoms with Crippen LogP contribution in [0.1, 0.15) is 46.0 Å². The monoisotopic (exact) mass is 428 g/mol. The van der Waals surface area contributed by atoms with E-state index in [1.165, 1.54) is 19.1 Å². The first kappa shape index (κ1) is 25.8. The number of methoxy groups -OCH3 is 2. The third kappa shape index (κ3) is 6.66. The number of hydrogen-bond donors (Lipinski definition) is 2. The molecule has 0 bridgehead atoms. The molecule has 0 aromatic carbocycles. The summed E-state index contributed by atoms with van der Waals surface area (Å²) in [6, 6.07) is -1.19. The molecule has 0 aromatic rings. The second-order valence-electron chi connectivity index (χ2n) is 7.77. The molecule has 30 heavy (non-hydrogen) atoms. The van der Waals surface area contributed by atoms with E-state index < -0.39 is 30.2 Å². The zero-order valence-electron chi connectivity index (χ0n) is 18.6. The highest BCUT2D eigenvalue weighted by molar-refractivity contribution is 5.84. The van der Waals surface area contributed by atoms with E-state index in [0.717, 1.165) is 19.3 Å². The van der Waals surface area contributed by atoms with Crippen LogP contribution in [0.5, 0.6) is 0 Å². The molecule has 3 N–H and O–H groups in total. The first-order valence-electron chi connectivity index (χ1n) is 10.3. The minimum Gasteiger partial charge on any atom is -0.379 e. The van der Waals surface area contributed by atoms with Crippen LogP contribution >= 0.6 is 0 Å². The van der Waals surface area contributed by atoms with Gasteiger partial charge in [-0.1, -0.05) is 20.3 Å². The number of nitrogens with two attached hydrogens (primary N) is 1. The number of amides is 5. The number of carbonyl (C=O) groups is 4. The first-order valence-corrected chi connectivity index (χ1v) is 10.3. The Morgan fingerprint density at radius 2 is 1.93 bits per heavy atom. The Kier molecular flexibility index (Phi) is 10.8. The number of urea groups is 1. The summed E-state index contributed by atoms with van der Waals surface area (Å²) in [6.45, 7) is 4.52. The smallest absolute Gasteiger partial charge is 0.323 e. The molecule has 5 atom stereocenters. The fourth-order valence-electron chi connectivity index (χ4n) is 4.22. The summed E-state index contributed by atoms with van der Waals surface area (Å²) in [5.41, 5.74) is 5.32. The summed E-state index contributed by atoms with van der Waals surface area (Å²) in [6.07, 6.45) is 1.71. The average molecular weight is 429 g/mol. The first-order chi connectivity index (χ1) is 14.2. The van der Waals surface area contributed by atoms with Gasteiger partial charge in [0.15, 0.2) is 0 Å². The molecule has 5 amide bonds. The summed E-state index contributed by atoms with van der Waals surface area (Å²) in [5.74, 6) is -0.579. The number of likely N-dealkylation sites (N-methyl/N-ethyl adjacent to an activating group) is 1. The third-order valence-corrected chi connectivity index (χ3v) is 5.99. The van der Waals surface area contributed by atoms with Crippen molar-refractivity contribution in [3.05, 3.63) is 0 Å². The van der Waals surface area contributed by atoms with E-state index in [1.807, 2.05) is 13.8 Å². The number of primary amides is 1. The molecule has 1 saturated heterocycles. The Morgan fingerprint density at radius 1 is 1.27 bits per heavy atom. The number of imide groups is 1. The van der Waals surface area contributed by atoms with Crippen LogP contribution in [0.15, 0.2) is 0 Å². The van der Waals surface area contributed by atoms with E-state index in [1.54, 1.807) is 11.9 Å². The lowest BCUT2D eigenvalue weighted by Gasteiger charge is -2.38. The van der Waals surface area contributed by atoms with Crippen LogP contribution in [0, 0.1) is 5.92 Å². The molecule has 0 saturated carbocycles. The second-order valence-corrected chi connectivity index (χ2v) is 7.77. The molecule has 0 radical (unpaired) electrons. The summed E-state index contributed by atoms with van der Waals surface area (Å²) in [7, 11) is 4.59. The Labute approximate surface area is 178 Å². The van der Waals surface area contributed by atoms with Crippen LogP contribution in [0.3, 0.4) is 0 Å². The van der Waals surface area contributed by atoms with Crippen LogP contribution < -0.4 is 11.1 Å². The number of nitrogens with zero attached hydrogens (tertiary/aromatic N) is 2. The summed E-state index contributed by atoms with van der Waals surface area (Å²) in [5, 5.41) is 2.14. The van der Waals surface area contributed by atoms with E-state index in [0.29, 0.717) is 13.0 Å². The number of likely N-dealkylation sites (tertiary alicyclic amines) is 1. The lowest BCUT2D eigenvalue weighted by atomic mass is 9.91. The normalized spacial score (nSPS) is 20.2. The van der Waals surface area contributed by atoms with Gasteiger partial charge in [0, 0.05) is 27.8 Å². The molecule has 0 spiro atoms. The van der Waals surface area contributed by atoms with Crippen molar-refractivity contribution in [2.75, 3.05) is 27.8 Å². The maximum absolute atomic E-state index is 13.2. The Balaban J connectivity index is 3.00. The maximum Gasteiger partial charge on any atom is 0.323 e. The van der Waals surface area contributed by atoms with Gasteiger partial charge in [0.2, 0.25) is 18.2 Å². The Morgan fingerprint density at radius 3 is 2.43 bits per heavy atom. The highest BCUT2D eigenvalue weighted by atomic mass is 16.5. The van der Waals surface area contributed by atoms with Crippen molar-refractivity contribution < 1.29 is 28.7 Å². The second kappa shape index (κ2) is 12.5. The molecule has 10 nitrogen and oxygen atoms in total. The van der Waals surface area contributed by atoms with Crippen LogP contribution in [0.4, 0.5) is 4.79 Å². The van der Waals surface area contributed by atoms with Gasteiger partial charge in [-0.25, -0.2) is 4.79 Å². The fraction of sp³-hybridized carbons (Fsp3) is 0.800. The van der Waals surface area contributed by atoms with Crippen molar-refractivity contribution in [2.45, 2.75) is 70.2 Å². The molecular formula is C20H36N4O6. The van der Waals surface area contributed by atoms with E-state index >= 15 is 0 Å². The van der Waals surface area contributed by atoms with Gasteiger partial charge in [-0.15, -0.1) is 0 Å². The molecule has 1 heterocycles. The predicted molar refractivity (Wildman–Crippen MR) is 110 cm³/mol. The average Bonchev–Trinajstić information content (AvgIpc) is 3.20. The molecule has 1 fully saturated rings. The van der Waals surface area contributed by atoms with Gasteiger partial charge in [-0.05, 0) is 18.8 Å². The minimum absolute atomic E-state index is 0.0288. The molecule has 10 heteroatoms. The number of rotatable bonds is 12. The zero-order valence-corrected chi connectivity index (χ0v) is 18.6. The van der Waals surface area contributed by atoms with Gasteiger partial charge in [0.1, 0.15) is 0 Å². The molecule has 1 rings (SSSR count). The van der Waals surface area contributed by atoms with E-state index in [9.17, 15) is 19.2 Å². The highest BCUT2D eigenvalue weighted by Crippen LogP contribution is 2.27. The van der Waals surface area contributed by atoms with Gasteiger partial charge in [-0.3, -0.25) is 19.7 Å². The number of ether oxygens (including phenoxy) is 2. The van der Waals surface area contributed by atoms with E-state index in [2.05, 4.69) is 5.32 Å². The summed E-state index contributed by atoms with van der Waals surface area (Å²) >= 11 is 0. The summed E-state index contributed by atoms with van der Waals surface area (Å²) in [4.78, 5) is 50.6. The number of carbonyl (C=O) groups excluding carboxylic acids is 4. The zero-order chi connectivity index (χ0) is 22.8. The SMILES string of the molecule is CCC(C)C(C(CC(=O)N1CCCC1C(CC(N)=O)OC)OC)N(C)C(=O)NC=O. The quantitative estimate of drug-likeness (QED) is 0.435. The van der Waals surface area contributed by atoms with Crippen molar-refractivity contribution in [3.8, 4) is 0 Å². The Hall–Kier alpha value is -2.20. The van der Waals surface area contributed by atoms with E-state index in [-0.39, 0.29) is 30.7 Å². The number of nitrogens with one attached hydrogen (secondary N) is 1. The number of hydrogen-bond acceptors (Lipinski definition) is 6. The highest BCUT2D eigenvalue weighted by Gasteiger charge is 2.39. The Bertz CT molecular complexity index is 602. The van der Waals surface area contributed by atoms with E-state index in [4.69, 9.17) is 15.2 Å². The minimum atomic E-state index is -0.562. The molecule has 0 aromatic heterocycles. The van der Waals surface area contributed by atoms with Crippen LogP contribution in [0.25, 0.3) is 0 Å².